The number of fused-ring (bicyclic) bond motifs is 1. The molecule has 0 fully saturated rings. The van der Waals surface area contributed by atoms with Gasteiger partial charge in [-0.3, -0.25) is 9.69 Å². The van der Waals surface area contributed by atoms with E-state index in [1.165, 1.54) is 16.5 Å². The molecule has 1 N–H and O–H groups in total. The highest BCUT2D eigenvalue weighted by Gasteiger charge is 2.25. The molecule has 0 unspecified atom stereocenters. The number of hydrogen-bond acceptors (Lipinski definition) is 3. The quantitative estimate of drug-likeness (QED) is 0.939. The first kappa shape index (κ1) is 15.2. The molecule has 1 aromatic carbocycles. The Kier molecular flexibility index (Phi) is 4.55. The normalized spacial score (nSPS) is 18.0. The van der Waals surface area contributed by atoms with Crippen LogP contribution in [0.2, 0.25) is 0 Å². The van der Waals surface area contributed by atoms with Gasteiger partial charge in [-0.15, -0.1) is 11.3 Å². The number of carbonyl (C=O) groups is 1. The van der Waals surface area contributed by atoms with Gasteiger partial charge in [0.1, 0.15) is 5.82 Å². The first-order chi connectivity index (χ1) is 10.6. The zero-order chi connectivity index (χ0) is 15.5. The molecule has 1 aliphatic heterocycles. The SMILES string of the molecule is C[C@H]1c2ccsc2CCN1CC(=O)NCc1ccccc1F. The minimum absolute atomic E-state index is 0.0613. The van der Waals surface area contributed by atoms with Gasteiger partial charge < -0.3 is 5.32 Å². The van der Waals surface area contributed by atoms with E-state index in [1.807, 2.05) is 0 Å². The summed E-state index contributed by atoms with van der Waals surface area (Å²) < 4.78 is 13.5. The van der Waals surface area contributed by atoms with Gasteiger partial charge in [-0.25, -0.2) is 4.39 Å². The number of amides is 1. The summed E-state index contributed by atoms with van der Waals surface area (Å²) in [5, 5.41) is 4.92. The topological polar surface area (TPSA) is 32.3 Å². The van der Waals surface area contributed by atoms with E-state index in [4.69, 9.17) is 0 Å². The Bertz CT molecular complexity index is 670. The van der Waals surface area contributed by atoms with Crippen molar-refractivity contribution in [1.82, 2.24) is 10.2 Å². The number of nitrogens with zero attached hydrogens (tertiary/aromatic N) is 1. The average Bonchev–Trinajstić information content (AvgIpc) is 2.99. The fourth-order valence-corrected chi connectivity index (χ4v) is 3.82. The van der Waals surface area contributed by atoms with Gasteiger partial charge in [0.15, 0.2) is 0 Å². The Morgan fingerprint density at radius 3 is 3.05 bits per heavy atom. The van der Waals surface area contributed by atoms with Crippen molar-refractivity contribution in [2.75, 3.05) is 13.1 Å². The summed E-state index contributed by atoms with van der Waals surface area (Å²) >= 11 is 1.79. The molecule has 3 nitrogen and oxygen atoms in total. The van der Waals surface area contributed by atoms with Crippen molar-refractivity contribution in [1.29, 1.82) is 0 Å². The summed E-state index contributed by atoms with van der Waals surface area (Å²) in [6.45, 7) is 3.61. The number of halogens is 1. The summed E-state index contributed by atoms with van der Waals surface area (Å²) in [5.41, 5.74) is 1.85. The van der Waals surface area contributed by atoms with E-state index in [1.54, 1.807) is 29.5 Å². The fourth-order valence-electron chi connectivity index (χ4n) is 2.85. The van der Waals surface area contributed by atoms with E-state index in [0.29, 0.717) is 12.1 Å². The van der Waals surface area contributed by atoms with E-state index in [-0.39, 0.29) is 24.3 Å². The molecule has 2 heterocycles. The van der Waals surface area contributed by atoms with E-state index in [2.05, 4.69) is 28.6 Å². The zero-order valence-corrected chi connectivity index (χ0v) is 13.3. The second kappa shape index (κ2) is 6.58. The maximum Gasteiger partial charge on any atom is 0.234 e. The third-order valence-electron chi connectivity index (χ3n) is 4.18. The van der Waals surface area contributed by atoms with Crippen molar-refractivity contribution < 1.29 is 9.18 Å². The van der Waals surface area contributed by atoms with Crippen molar-refractivity contribution in [2.45, 2.75) is 25.9 Å². The van der Waals surface area contributed by atoms with Crippen LogP contribution in [0.15, 0.2) is 35.7 Å². The van der Waals surface area contributed by atoms with E-state index in [9.17, 15) is 9.18 Å². The van der Waals surface area contributed by atoms with Gasteiger partial charge in [-0.1, -0.05) is 18.2 Å². The predicted molar refractivity (Wildman–Crippen MR) is 86.3 cm³/mol. The predicted octanol–water partition coefficient (Wildman–Crippen LogP) is 3.12. The van der Waals surface area contributed by atoms with Crippen molar-refractivity contribution in [3.8, 4) is 0 Å². The standard InChI is InChI=1S/C17H19FN2OS/c1-12-14-7-9-22-16(14)6-8-20(12)11-17(21)19-10-13-4-2-3-5-15(13)18/h2-5,7,9,12H,6,8,10-11H2,1H3,(H,19,21)/t12-/m0/s1. The molecule has 1 aromatic heterocycles. The Hall–Kier alpha value is -1.72. The van der Waals surface area contributed by atoms with Crippen LogP contribution < -0.4 is 5.32 Å². The van der Waals surface area contributed by atoms with Crippen LogP contribution in [0.25, 0.3) is 0 Å². The molecule has 1 amide bonds. The van der Waals surface area contributed by atoms with Crippen molar-refractivity contribution in [3.63, 3.8) is 0 Å². The molecule has 0 radical (unpaired) electrons. The molecular weight excluding hydrogens is 299 g/mol. The van der Waals surface area contributed by atoms with Gasteiger partial charge >= 0.3 is 0 Å². The minimum Gasteiger partial charge on any atom is -0.351 e. The van der Waals surface area contributed by atoms with Gasteiger partial charge in [0.05, 0.1) is 6.54 Å². The van der Waals surface area contributed by atoms with Crippen LogP contribution in [-0.2, 0) is 17.8 Å². The molecule has 0 saturated carbocycles. The number of rotatable bonds is 4. The summed E-state index contributed by atoms with van der Waals surface area (Å²) in [6.07, 6.45) is 0.998. The highest BCUT2D eigenvalue weighted by molar-refractivity contribution is 7.10. The summed E-state index contributed by atoms with van der Waals surface area (Å²) in [7, 11) is 0. The first-order valence-electron chi connectivity index (χ1n) is 7.45. The monoisotopic (exact) mass is 318 g/mol. The largest absolute Gasteiger partial charge is 0.351 e. The Labute approximate surface area is 133 Å². The summed E-state index contributed by atoms with van der Waals surface area (Å²) in [4.78, 5) is 15.7. The van der Waals surface area contributed by atoms with Gasteiger partial charge in [0.25, 0.3) is 0 Å². The molecule has 5 heteroatoms. The molecule has 0 bridgehead atoms. The van der Waals surface area contributed by atoms with Crippen LogP contribution in [0.5, 0.6) is 0 Å². The Morgan fingerprint density at radius 2 is 2.23 bits per heavy atom. The number of benzene rings is 1. The highest BCUT2D eigenvalue weighted by atomic mass is 32.1. The van der Waals surface area contributed by atoms with Gasteiger partial charge in [0, 0.05) is 29.6 Å². The first-order valence-corrected chi connectivity index (χ1v) is 8.33. The molecule has 1 atom stereocenters. The van der Waals surface area contributed by atoms with Crippen LogP contribution in [0.4, 0.5) is 4.39 Å². The molecule has 0 spiro atoms. The van der Waals surface area contributed by atoms with E-state index < -0.39 is 0 Å². The second-order valence-electron chi connectivity index (χ2n) is 5.56. The van der Waals surface area contributed by atoms with Crippen molar-refractivity contribution >= 4 is 17.2 Å². The third-order valence-corrected chi connectivity index (χ3v) is 5.18. The summed E-state index contributed by atoms with van der Waals surface area (Å²) in [5.74, 6) is -0.342. The average molecular weight is 318 g/mol. The molecule has 116 valence electrons. The molecule has 0 saturated heterocycles. The highest BCUT2D eigenvalue weighted by Crippen LogP contribution is 2.32. The lowest BCUT2D eigenvalue weighted by atomic mass is 10.0. The minimum atomic E-state index is -0.281. The van der Waals surface area contributed by atoms with E-state index >= 15 is 0 Å². The zero-order valence-electron chi connectivity index (χ0n) is 12.5. The number of thiophene rings is 1. The van der Waals surface area contributed by atoms with Crippen LogP contribution >= 0.6 is 11.3 Å². The van der Waals surface area contributed by atoms with Crippen LogP contribution in [0.1, 0.15) is 29.0 Å². The molecule has 22 heavy (non-hydrogen) atoms. The van der Waals surface area contributed by atoms with Crippen molar-refractivity contribution in [2.24, 2.45) is 0 Å². The fraction of sp³-hybridized carbons (Fsp3) is 0.353. The molecule has 1 aliphatic rings. The van der Waals surface area contributed by atoms with Crippen LogP contribution in [0, 0.1) is 5.82 Å². The lowest BCUT2D eigenvalue weighted by Crippen LogP contribution is -2.41. The molecule has 3 rings (SSSR count). The smallest absolute Gasteiger partial charge is 0.234 e. The number of carbonyl (C=O) groups excluding carboxylic acids is 1. The maximum atomic E-state index is 13.5. The third kappa shape index (κ3) is 3.20. The number of hydrogen-bond donors (Lipinski definition) is 1. The molecule has 0 aliphatic carbocycles. The number of nitrogens with one attached hydrogen (secondary N) is 1. The van der Waals surface area contributed by atoms with Gasteiger partial charge in [0.2, 0.25) is 5.91 Å². The Morgan fingerprint density at radius 1 is 1.41 bits per heavy atom. The lowest BCUT2D eigenvalue weighted by Gasteiger charge is -2.32. The van der Waals surface area contributed by atoms with E-state index in [0.717, 1.165) is 13.0 Å². The Balaban J connectivity index is 1.55. The van der Waals surface area contributed by atoms with Crippen molar-refractivity contribution in [3.05, 3.63) is 57.5 Å². The second-order valence-corrected chi connectivity index (χ2v) is 6.56. The molecular formula is C17H19FN2OS. The lowest BCUT2D eigenvalue weighted by molar-refractivity contribution is -0.123. The van der Waals surface area contributed by atoms with Gasteiger partial charge in [-0.05, 0) is 36.4 Å². The van der Waals surface area contributed by atoms with Crippen LogP contribution in [0.3, 0.4) is 0 Å². The molecule has 2 aromatic rings. The summed E-state index contributed by atoms with van der Waals surface area (Å²) in [6, 6.07) is 8.93. The maximum absolute atomic E-state index is 13.5. The van der Waals surface area contributed by atoms with Crippen LogP contribution in [-0.4, -0.2) is 23.9 Å². The van der Waals surface area contributed by atoms with Gasteiger partial charge in [-0.2, -0.15) is 0 Å².